The lowest BCUT2D eigenvalue weighted by atomic mass is 9.97. The van der Waals surface area contributed by atoms with Gasteiger partial charge in [-0.25, -0.2) is 4.98 Å². The van der Waals surface area contributed by atoms with Gasteiger partial charge in [0, 0.05) is 42.0 Å². The van der Waals surface area contributed by atoms with Gasteiger partial charge >= 0.3 is 0 Å². The van der Waals surface area contributed by atoms with Crippen LogP contribution in [0.25, 0.3) is 16.8 Å². The zero-order valence-electron chi connectivity index (χ0n) is 15.5. The minimum atomic E-state index is 0.358. The maximum absolute atomic E-state index is 6.16. The Labute approximate surface area is 163 Å². The number of ether oxygens (including phenoxy) is 2. The standard InChI is InChI=1S/C20H23ClN4O2/c1-13-9-14(21)3-4-15(13)17-12-25-18(24-5-7-27-8-6-24)11-23-20(25)19(26-2)16(17)10-22/h3-4,9,11-12H,5-8,10,22H2,1-2H3. The Morgan fingerprint density at radius 1 is 1.26 bits per heavy atom. The van der Waals surface area contributed by atoms with Gasteiger partial charge in [-0.3, -0.25) is 4.40 Å². The predicted octanol–water partition coefficient (Wildman–Crippen LogP) is 3.27. The van der Waals surface area contributed by atoms with E-state index in [0.717, 1.165) is 51.8 Å². The summed E-state index contributed by atoms with van der Waals surface area (Å²) in [6, 6.07) is 5.89. The number of imidazole rings is 1. The van der Waals surface area contributed by atoms with E-state index in [4.69, 9.17) is 26.8 Å². The summed E-state index contributed by atoms with van der Waals surface area (Å²) in [5.74, 6) is 1.74. The van der Waals surface area contributed by atoms with Crippen molar-refractivity contribution in [3.05, 3.63) is 46.7 Å². The molecule has 2 N–H and O–H groups in total. The van der Waals surface area contributed by atoms with Gasteiger partial charge in [0.05, 0.1) is 26.5 Å². The van der Waals surface area contributed by atoms with Crippen LogP contribution in [-0.2, 0) is 11.3 Å². The van der Waals surface area contributed by atoms with Crippen LogP contribution >= 0.6 is 11.6 Å². The molecule has 1 fully saturated rings. The molecule has 1 aliphatic rings. The van der Waals surface area contributed by atoms with Gasteiger partial charge in [0.25, 0.3) is 0 Å². The first-order valence-electron chi connectivity index (χ1n) is 9.00. The largest absolute Gasteiger partial charge is 0.492 e. The summed E-state index contributed by atoms with van der Waals surface area (Å²) < 4.78 is 13.3. The Bertz CT molecular complexity index is 980. The summed E-state index contributed by atoms with van der Waals surface area (Å²) in [4.78, 5) is 6.90. The van der Waals surface area contributed by atoms with Gasteiger partial charge in [0.15, 0.2) is 11.4 Å². The van der Waals surface area contributed by atoms with Gasteiger partial charge in [-0.2, -0.15) is 0 Å². The summed E-state index contributed by atoms with van der Waals surface area (Å²) in [5.41, 5.74) is 11.0. The van der Waals surface area contributed by atoms with E-state index in [-0.39, 0.29) is 0 Å². The van der Waals surface area contributed by atoms with E-state index >= 15 is 0 Å². The molecule has 0 amide bonds. The van der Waals surface area contributed by atoms with Crippen LogP contribution in [0.2, 0.25) is 5.02 Å². The predicted molar refractivity (Wildman–Crippen MR) is 108 cm³/mol. The van der Waals surface area contributed by atoms with Crippen LogP contribution in [0, 0.1) is 6.92 Å². The number of benzene rings is 1. The van der Waals surface area contributed by atoms with Gasteiger partial charge in [0.2, 0.25) is 0 Å². The normalized spacial score (nSPS) is 14.7. The van der Waals surface area contributed by atoms with Gasteiger partial charge in [-0.15, -0.1) is 0 Å². The van der Waals surface area contributed by atoms with Crippen molar-refractivity contribution in [2.75, 3.05) is 38.3 Å². The average Bonchev–Trinajstić information content (AvgIpc) is 3.11. The molecule has 0 aliphatic carbocycles. The fraction of sp³-hybridized carbons (Fsp3) is 0.350. The molecule has 0 saturated carbocycles. The monoisotopic (exact) mass is 386 g/mol. The number of nitrogens with zero attached hydrogens (tertiary/aromatic N) is 3. The molecular weight excluding hydrogens is 364 g/mol. The Morgan fingerprint density at radius 2 is 2.04 bits per heavy atom. The summed E-state index contributed by atoms with van der Waals surface area (Å²) in [6.45, 7) is 5.52. The van der Waals surface area contributed by atoms with Crippen molar-refractivity contribution in [2.45, 2.75) is 13.5 Å². The minimum Gasteiger partial charge on any atom is -0.492 e. The van der Waals surface area contributed by atoms with Crippen LogP contribution in [0.1, 0.15) is 11.1 Å². The van der Waals surface area contributed by atoms with E-state index in [0.29, 0.717) is 25.5 Å². The number of aryl methyl sites for hydroxylation is 1. The highest BCUT2D eigenvalue weighted by molar-refractivity contribution is 6.30. The number of fused-ring (bicyclic) bond motifs is 1. The molecule has 1 aromatic carbocycles. The molecule has 3 aromatic rings. The number of hydrogen-bond acceptors (Lipinski definition) is 5. The van der Waals surface area contributed by atoms with Gasteiger partial charge in [-0.1, -0.05) is 17.7 Å². The molecule has 0 radical (unpaired) electrons. The van der Waals surface area contributed by atoms with Crippen molar-refractivity contribution in [1.82, 2.24) is 9.38 Å². The zero-order chi connectivity index (χ0) is 19.0. The highest BCUT2D eigenvalue weighted by Gasteiger charge is 2.22. The molecule has 1 aliphatic heterocycles. The van der Waals surface area contributed by atoms with Crippen LogP contribution in [0.15, 0.2) is 30.6 Å². The Balaban J connectivity index is 1.96. The molecule has 2 aromatic heterocycles. The fourth-order valence-electron chi connectivity index (χ4n) is 3.72. The molecule has 0 atom stereocenters. The molecular formula is C20H23ClN4O2. The number of anilines is 1. The smallest absolute Gasteiger partial charge is 0.181 e. The van der Waals surface area contributed by atoms with Crippen LogP contribution < -0.4 is 15.4 Å². The lowest BCUT2D eigenvalue weighted by molar-refractivity contribution is 0.122. The maximum atomic E-state index is 6.16. The van der Waals surface area contributed by atoms with Crippen molar-refractivity contribution < 1.29 is 9.47 Å². The molecule has 1 saturated heterocycles. The number of halogens is 1. The molecule has 4 rings (SSSR count). The number of hydrogen-bond donors (Lipinski definition) is 1. The third-order valence-corrected chi connectivity index (χ3v) is 5.29. The molecule has 0 unspecified atom stereocenters. The van der Waals surface area contributed by atoms with Crippen LogP contribution in [0.5, 0.6) is 5.75 Å². The Morgan fingerprint density at radius 3 is 2.70 bits per heavy atom. The Hall–Kier alpha value is -2.28. The van der Waals surface area contributed by atoms with Gasteiger partial charge in [0.1, 0.15) is 5.82 Å². The second-order valence-corrected chi connectivity index (χ2v) is 7.06. The average molecular weight is 387 g/mol. The summed E-state index contributed by atoms with van der Waals surface area (Å²) in [7, 11) is 1.66. The van der Waals surface area contributed by atoms with Crippen LogP contribution in [0.3, 0.4) is 0 Å². The number of rotatable bonds is 4. The number of pyridine rings is 1. The van der Waals surface area contributed by atoms with Crippen molar-refractivity contribution in [1.29, 1.82) is 0 Å². The third kappa shape index (κ3) is 3.14. The fourth-order valence-corrected chi connectivity index (χ4v) is 3.94. The first-order valence-corrected chi connectivity index (χ1v) is 9.38. The van der Waals surface area contributed by atoms with Crippen molar-refractivity contribution in [3.8, 4) is 16.9 Å². The van der Waals surface area contributed by atoms with Crippen LogP contribution in [0.4, 0.5) is 5.82 Å². The molecule has 27 heavy (non-hydrogen) atoms. The first kappa shape index (κ1) is 18.1. The SMILES string of the molecule is COc1c(CN)c(-c2ccc(Cl)cc2C)cn2c(N3CCOCC3)cnc12. The third-order valence-electron chi connectivity index (χ3n) is 5.06. The molecule has 3 heterocycles. The molecule has 0 spiro atoms. The number of nitrogens with two attached hydrogens (primary N) is 1. The molecule has 7 heteroatoms. The summed E-state index contributed by atoms with van der Waals surface area (Å²) >= 11 is 6.16. The van der Waals surface area contributed by atoms with E-state index in [9.17, 15) is 0 Å². The second kappa shape index (κ2) is 7.38. The lowest BCUT2D eigenvalue weighted by Crippen LogP contribution is -2.36. The van der Waals surface area contributed by atoms with E-state index in [2.05, 4.69) is 27.4 Å². The molecule has 0 bridgehead atoms. The molecule has 6 nitrogen and oxygen atoms in total. The first-order chi connectivity index (χ1) is 13.1. The van der Waals surface area contributed by atoms with E-state index in [1.165, 1.54) is 0 Å². The van der Waals surface area contributed by atoms with Gasteiger partial charge < -0.3 is 20.1 Å². The Kier molecular flexibility index (Phi) is 4.95. The van der Waals surface area contributed by atoms with Crippen molar-refractivity contribution >= 4 is 23.1 Å². The topological polar surface area (TPSA) is 65.0 Å². The highest BCUT2D eigenvalue weighted by Crippen LogP contribution is 2.37. The number of methoxy groups -OCH3 is 1. The van der Waals surface area contributed by atoms with E-state index < -0.39 is 0 Å². The van der Waals surface area contributed by atoms with E-state index in [1.54, 1.807) is 7.11 Å². The van der Waals surface area contributed by atoms with Crippen molar-refractivity contribution in [2.24, 2.45) is 5.73 Å². The summed E-state index contributed by atoms with van der Waals surface area (Å²) in [6.07, 6.45) is 4.00. The van der Waals surface area contributed by atoms with Crippen molar-refractivity contribution in [3.63, 3.8) is 0 Å². The quantitative estimate of drug-likeness (QED) is 0.745. The second-order valence-electron chi connectivity index (χ2n) is 6.63. The maximum Gasteiger partial charge on any atom is 0.181 e. The lowest BCUT2D eigenvalue weighted by Gasteiger charge is -2.28. The highest BCUT2D eigenvalue weighted by atomic mass is 35.5. The van der Waals surface area contributed by atoms with E-state index in [1.807, 2.05) is 24.4 Å². The van der Waals surface area contributed by atoms with Gasteiger partial charge in [-0.05, 0) is 30.2 Å². The number of morpholine rings is 1. The summed E-state index contributed by atoms with van der Waals surface area (Å²) in [5, 5.41) is 0.718. The van der Waals surface area contributed by atoms with Crippen LogP contribution in [-0.4, -0.2) is 42.8 Å². The molecule has 142 valence electrons. The minimum absolute atomic E-state index is 0.358. The number of aromatic nitrogens is 2. The zero-order valence-corrected chi connectivity index (χ0v) is 16.3.